The Bertz CT molecular complexity index is 719. The Labute approximate surface area is 159 Å². The third-order valence-electron chi connectivity index (χ3n) is 4.08. The van der Waals surface area contributed by atoms with Gasteiger partial charge in [0.1, 0.15) is 11.5 Å². The van der Waals surface area contributed by atoms with Crippen molar-refractivity contribution in [3.63, 3.8) is 0 Å². The van der Waals surface area contributed by atoms with Crippen molar-refractivity contribution >= 4 is 17.8 Å². The van der Waals surface area contributed by atoms with Crippen molar-refractivity contribution in [2.24, 2.45) is 0 Å². The van der Waals surface area contributed by atoms with Gasteiger partial charge >= 0.3 is 6.03 Å². The third-order valence-corrected chi connectivity index (χ3v) is 4.83. The maximum Gasteiger partial charge on any atom is 0.317 e. The van der Waals surface area contributed by atoms with Crippen LogP contribution in [0.3, 0.4) is 0 Å². The molecule has 0 unspecified atom stereocenters. The van der Waals surface area contributed by atoms with Crippen LogP contribution in [-0.4, -0.2) is 45.0 Å². The van der Waals surface area contributed by atoms with Gasteiger partial charge in [0.2, 0.25) is 0 Å². The number of hydrogen-bond donors (Lipinski definition) is 1. The molecule has 2 aromatic rings. The van der Waals surface area contributed by atoms with Gasteiger partial charge < -0.3 is 19.7 Å². The van der Waals surface area contributed by atoms with Crippen LogP contribution in [0.2, 0.25) is 0 Å². The zero-order valence-corrected chi connectivity index (χ0v) is 16.6. The highest BCUT2D eigenvalue weighted by Gasteiger charge is 2.10. The Morgan fingerprint density at radius 2 is 1.85 bits per heavy atom. The van der Waals surface area contributed by atoms with Crippen LogP contribution in [0, 0.1) is 0 Å². The Kier molecular flexibility index (Phi) is 7.66. The molecule has 0 aliphatic carbocycles. The molecule has 0 aromatic heterocycles. The van der Waals surface area contributed by atoms with Crippen molar-refractivity contribution < 1.29 is 14.3 Å². The molecule has 2 aromatic carbocycles. The molecule has 0 atom stereocenters. The summed E-state index contributed by atoms with van der Waals surface area (Å²) in [4.78, 5) is 15.2. The molecule has 0 aliphatic rings. The lowest BCUT2D eigenvalue weighted by Gasteiger charge is -2.18. The minimum Gasteiger partial charge on any atom is -0.497 e. The van der Waals surface area contributed by atoms with E-state index in [1.165, 1.54) is 4.90 Å². The number of hydrogen-bond acceptors (Lipinski definition) is 4. The van der Waals surface area contributed by atoms with Gasteiger partial charge in [0.15, 0.2) is 0 Å². The van der Waals surface area contributed by atoms with Crippen molar-refractivity contribution in [2.75, 3.05) is 34.1 Å². The van der Waals surface area contributed by atoms with E-state index in [0.29, 0.717) is 19.5 Å². The van der Waals surface area contributed by atoms with Crippen LogP contribution in [-0.2, 0) is 13.0 Å². The second kappa shape index (κ2) is 9.97. The summed E-state index contributed by atoms with van der Waals surface area (Å²) in [7, 11) is 5.07. The van der Waals surface area contributed by atoms with Crippen LogP contribution < -0.4 is 14.8 Å². The molecule has 2 rings (SSSR count). The first kappa shape index (κ1) is 20.0. The molecule has 0 heterocycles. The van der Waals surface area contributed by atoms with Gasteiger partial charge in [0.25, 0.3) is 0 Å². The third kappa shape index (κ3) is 5.59. The summed E-state index contributed by atoms with van der Waals surface area (Å²) in [5.74, 6) is 1.57. The number of carbonyl (C=O) groups excluding carboxylic acids is 1. The standard InChI is InChI=1S/C20H26N2O3S/c1-22(14-15-5-8-18(26-4)9-6-15)20(23)21-12-11-16-13-17(24-2)7-10-19(16)25-3/h5-10,13H,11-12,14H2,1-4H3,(H,21,23). The Morgan fingerprint density at radius 3 is 2.46 bits per heavy atom. The average Bonchev–Trinajstić information content (AvgIpc) is 2.68. The van der Waals surface area contributed by atoms with Gasteiger partial charge in [-0.1, -0.05) is 12.1 Å². The summed E-state index contributed by atoms with van der Waals surface area (Å²) in [5, 5.41) is 2.95. The highest BCUT2D eigenvalue weighted by atomic mass is 32.2. The topological polar surface area (TPSA) is 50.8 Å². The second-order valence-corrected chi connectivity index (χ2v) is 6.74. The van der Waals surface area contributed by atoms with Crippen LogP contribution in [0.1, 0.15) is 11.1 Å². The second-order valence-electron chi connectivity index (χ2n) is 5.86. The molecule has 26 heavy (non-hydrogen) atoms. The van der Waals surface area contributed by atoms with Gasteiger partial charge in [-0.3, -0.25) is 0 Å². The summed E-state index contributed by atoms with van der Waals surface area (Å²) in [6.45, 7) is 1.10. The van der Waals surface area contributed by atoms with Gasteiger partial charge in [-0.25, -0.2) is 4.79 Å². The van der Waals surface area contributed by atoms with E-state index >= 15 is 0 Å². The number of nitrogens with one attached hydrogen (secondary N) is 1. The predicted octanol–water partition coefficient (Wildman–Crippen LogP) is 3.81. The molecule has 2 amide bonds. The van der Waals surface area contributed by atoms with Gasteiger partial charge in [0.05, 0.1) is 14.2 Å². The first-order valence-electron chi connectivity index (χ1n) is 8.40. The van der Waals surface area contributed by atoms with Gasteiger partial charge in [-0.05, 0) is 54.1 Å². The summed E-state index contributed by atoms with van der Waals surface area (Å²) in [5.41, 5.74) is 2.11. The average molecular weight is 375 g/mol. The van der Waals surface area contributed by atoms with E-state index in [2.05, 4.69) is 29.6 Å². The summed E-state index contributed by atoms with van der Waals surface area (Å²) >= 11 is 1.71. The molecule has 0 bridgehead atoms. The number of carbonyl (C=O) groups is 1. The minimum atomic E-state index is -0.0965. The van der Waals surface area contributed by atoms with Crippen LogP contribution in [0.25, 0.3) is 0 Å². The normalized spacial score (nSPS) is 10.3. The number of urea groups is 1. The van der Waals surface area contributed by atoms with Crippen LogP contribution in [0.4, 0.5) is 4.79 Å². The van der Waals surface area contributed by atoms with E-state index in [4.69, 9.17) is 9.47 Å². The van der Waals surface area contributed by atoms with Crippen molar-refractivity contribution in [1.82, 2.24) is 10.2 Å². The minimum absolute atomic E-state index is 0.0965. The molecule has 0 radical (unpaired) electrons. The number of thioether (sulfide) groups is 1. The number of benzene rings is 2. The van der Waals surface area contributed by atoms with E-state index in [-0.39, 0.29) is 6.03 Å². The van der Waals surface area contributed by atoms with Gasteiger partial charge in [-0.15, -0.1) is 11.8 Å². The zero-order chi connectivity index (χ0) is 18.9. The maximum absolute atomic E-state index is 12.3. The molecular weight excluding hydrogens is 348 g/mol. The number of ether oxygens (including phenoxy) is 2. The molecule has 6 heteroatoms. The highest BCUT2D eigenvalue weighted by molar-refractivity contribution is 7.98. The molecule has 0 spiro atoms. The molecule has 1 N–H and O–H groups in total. The number of rotatable bonds is 8. The van der Waals surface area contributed by atoms with Crippen LogP contribution in [0.5, 0.6) is 11.5 Å². The number of methoxy groups -OCH3 is 2. The summed E-state index contributed by atoms with van der Waals surface area (Å²) in [6, 6.07) is 13.8. The zero-order valence-electron chi connectivity index (χ0n) is 15.7. The van der Waals surface area contributed by atoms with E-state index in [1.807, 2.05) is 24.5 Å². The van der Waals surface area contributed by atoms with E-state index in [0.717, 1.165) is 22.6 Å². The number of nitrogens with zero attached hydrogens (tertiary/aromatic N) is 1. The van der Waals surface area contributed by atoms with E-state index in [1.54, 1.807) is 37.9 Å². The molecule has 0 fully saturated rings. The van der Waals surface area contributed by atoms with Gasteiger partial charge in [0, 0.05) is 25.0 Å². The predicted molar refractivity (Wildman–Crippen MR) is 106 cm³/mol. The maximum atomic E-state index is 12.3. The SMILES string of the molecule is COc1ccc(OC)c(CCNC(=O)N(C)Cc2ccc(SC)cc2)c1. The Hall–Kier alpha value is -2.34. The largest absolute Gasteiger partial charge is 0.497 e. The lowest BCUT2D eigenvalue weighted by Crippen LogP contribution is -2.37. The van der Waals surface area contributed by atoms with Gasteiger partial charge in [-0.2, -0.15) is 0 Å². The first-order valence-corrected chi connectivity index (χ1v) is 9.62. The van der Waals surface area contributed by atoms with E-state index in [9.17, 15) is 4.79 Å². The summed E-state index contributed by atoms with van der Waals surface area (Å²) in [6.07, 6.45) is 2.72. The lowest BCUT2D eigenvalue weighted by molar-refractivity contribution is 0.207. The van der Waals surface area contributed by atoms with Crippen LogP contribution >= 0.6 is 11.8 Å². The number of amides is 2. The monoisotopic (exact) mass is 374 g/mol. The Morgan fingerprint density at radius 1 is 1.12 bits per heavy atom. The van der Waals surface area contributed by atoms with Crippen molar-refractivity contribution in [1.29, 1.82) is 0 Å². The Balaban J connectivity index is 1.85. The first-order chi connectivity index (χ1) is 12.6. The molecule has 0 saturated carbocycles. The van der Waals surface area contributed by atoms with Crippen molar-refractivity contribution in [2.45, 2.75) is 17.9 Å². The molecular formula is C20H26N2O3S. The van der Waals surface area contributed by atoms with E-state index < -0.39 is 0 Å². The molecule has 0 saturated heterocycles. The van der Waals surface area contributed by atoms with Crippen molar-refractivity contribution in [3.8, 4) is 11.5 Å². The fourth-order valence-corrected chi connectivity index (χ4v) is 3.00. The fourth-order valence-electron chi connectivity index (χ4n) is 2.59. The van der Waals surface area contributed by atoms with Crippen LogP contribution in [0.15, 0.2) is 47.4 Å². The molecule has 0 aliphatic heterocycles. The lowest BCUT2D eigenvalue weighted by atomic mass is 10.1. The molecule has 5 nitrogen and oxygen atoms in total. The fraction of sp³-hybridized carbons (Fsp3) is 0.350. The molecule has 140 valence electrons. The highest BCUT2D eigenvalue weighted by Crippen LogP contribution is 2.24. The summed E-state index contributed by atoms with van der Waals surface area (Å²) < 4.78 is 10.6. The van der Waals surface area contributed by atoms with Crippen molar-refractivity contribution in [3.05, 3.63) is 53.6 Å². The quantitative estimate of drug-likeness (QED) is 0.714. The smallest absolute Gasteiger partial charge is 0.317 e.